The summed E-state index contributed by atoms with van der Waals surface area (Å²) in [5.74, 6) is -0.336. The van der Waals surface area contributed by atoms with E-state index in [0.717, 1.165) is 35.5 Å². The first-order chi connectivity index (χ1) is 17.7. The van der Waals surface area contributed by atoms with Crippen molar-refractivity contribution in [2.45, 2.75) is 64.4 Å². The molecule has 1 atom stereocenters. The molecule has 11 nitrogen and oxygen atoms in total. The van der Waals surface area contributed by atoms with Gasteiger partial charge in [-0.15, -0.1) is 21.5 Å². The van der Waals surface area contributed by atoms with Crippen LogP contribution in [-0.2, 0) is 20.8 Å². The highest BCUT2D eigenvalue weighted by atomic mass is 32.2. The first-order valence-corrected chi connectivity index (χ1v) is 13.6. The third-order valence-corrected chi connectivity index (χ3v) is 7.92. The van der Waals surface area contributed by atoms with Gasteiger partial charge in [-0.2, -0.15) is 0 Å². The fourth-order valence-corrected chi connectivity index (χ4v) is 5.83. The van der Waals surface area contributed by atoms with Crippen LogP contribution < -0.4 is 11.1 Å². The molecule has 13 heteroatoms. The van der Waals surface area contributed by atoms with Crippen LogP contribution >= 0.6 is 23.1 Å². The van der Waals surface area contributed by atoms with Crippen LogP contribution in [0.15, 0.2) is 21.9 Å². The Hall–Kier alpha value is -3.16. The Morgan fingerprint density at radius 3 is 2.73 bits per heavy atom. The normalized spacial score (nSPS) is 15.3. The van der Waals surface area contributed by atoms with E-state index in [4.69, 9.17) is 19.6 Å². The van der Waals surface area contributed by atoms with Gasteiger partial charge >= 0.3 is 5.97 Å². The van der Waals surface area contributed by atoms with Gasteiger partial charge in [-0.25, -0.2) is 4.79 Å². The van der Waals surface area contributed by atoms with Crippen LogP contribution in [0.4, 0.5) is 5.00 Å². The Morgan fingerprint density at radius 2 is 2.11 bits per heavy atom. The number of nitrogens with two attached hydrogens (primary N) is 1. The second-order valence-corrected chi connectivity index (χ2v) is 10.8. The van der Waals surface area contributed by atoms with Crippen molar-refractivity contribution in [2.24, 2.45) is 5.73 Å². The summed E-state index contributed by atoms with van der Waals surface area (Å²) in [5.41, 5.74) is 6.80. The van der Waals surface area contributed by atoms with Gasteiger partial charge in [0.15, 0.2) is 11.0 Å². The van der Waals surface area contributed by atoms with Gasteiger partial charge in [0.25, 0.3) is 5.91 Å². The molecule has 1 aliphatic rings. The molecular weight excluding hydrogens is 518 g/mol. The van der Waals surface area contributed by atoms with E-state index in [0.29, 0.717) is 29.7 Å². The SMILES string of the molecule is Cc1occc1-c1nnc(SCC(=O)Nc2sc(C(N)=O)c(C)c2C(=O)OC(C)C)n1CC1CCCO1. The molecule has 4 heterocycles. The first kappa shape index (κ1) is 26.9. The molecule has 4 rings (SSSR count). The fraction of sp³-hybridized carbons (Fsp3) is 0.458. The van der Waals surface area contributed by atoms with Gasteiger partial charge in [0.05, 0.1) is 46.8 Å². The highest BCUT2D eigenvalue weighted by Gasteiger charge is 2.27. The lowest BCUT2D eigenvalue weighted by molar-refractivity contribution is -0.113. The summed E-state index contributed by atoms with van der Waals surface area (Å²) in [4.78, 5) is 37.7. The number of aryl methyl sites for hydroxylation is 1. The minimum atomic E-state index is -0.680. The average molecular weight is 548 g/mol. The number of esters is 1. The number of carbonyl (C=O) groups excluding carboxylic acids is 3. The lowest BCUT2D eigenvalue weighted by atomic mass is 10.1. The zero-order valence-corrected chi connectivity index (χ0v) is 22.7. The van der Waals surface area contributed by atoms with E-state index in [2.05, 4.69) is 15.5 Å². The second-order valence-electron chi connectivity index (χ2n) is 8.86. The number of thioether (sulfide) groups is 1. The lowest BCUT2D eigenvalue weighted by Gasteiger charge is -2.14. The molecule has 1 unspecified atom stereocenters. The van der Waals surface area contributed by atoms with E-state index in [9.17, 15) is 14.4 Å². The standard InChI is InChI=1S/C24H29N5O6S2/c1-12(2)35-23(32)18-13(3)19(20(25)31)37-22(18)26-17(30)11-36-24-28-27-21(16-7-9-33-14(16)4)29(24)10-15-6-5-8-34-15/h7,9,12,15H,5-6,8,10-11H2,1-4H3,(H2,25,31)(H,26,30). The van der Waals surface area contributed by atoms with Crippen LogP contribution in [0, 0.1) is 13.8 Å². The van der Waals surface area contributed by atoms with Gasteiger partial charge in [0.2, 0.25) is 5.91 Å². The van der Waals surface area contributed by atoms with Crippen molar-refractivity contribution < 1.29 is 28.3 Å². The average Bonchev–Trinajstić information content (AvgIpc) is 3.61. The number of hydrogen-bond donors (Lipinski definition) is 2. The monoisotopic (exact) mass is 547 g/mol. The van der Waals surface area contributed by atoms with Gasteiger partial charge in [0, 0.05) is 6.61 Å². The zero-order chi connectivity index (χ0) is 26.7. The van der Waals surface area contributed by atoms with Crippen molar-refractivity contribution in [2.75, 3.05) is 17.7 Å². The summed E-state index contributed by atoms with van der Waals surface area (Å²) >= 11 is 2.16. The van der Waals surface area contributed by atoms with Crippen LogP contribution in [0.3, 0.4) is 0 Å². The number of primary amides is 1. The van der Waals surface area contributed by atoms with E-state index >= 15 is 0 Å². The van der Waals surface area contributed by atoms with Crippen molar-refractivity contribution in [1.82, 2.24) is 14.8 Å². The van der Waals surface area contributed by atoms with Crippen molar-refractivity contribution >= 4 is 45.9 Å². The maximum atomic E-state index is 12.9. The number of thiophene rings is 1. The van der Waals surface area contributed by atoms with Crippen LogP contribution in [0.1, 0.15) is 58.0 Å². The third kappa shape index (κ3) is 6.05. The lowest BCUT2D eigenvalue weighted by Crippen LogP contribution is -2.19. The highest BCUT2D eigenvalue weighted by Crippen LogP contribution is 2.34. The molecule has 1 saturated heterocycles. The molecule has 3 aromatic rings. The molecule has 2 amide bonds. The van der Waals surface area contributed by atoms with Gasteiger partial charge in [-0.3, -0.25) is 14.2 Å². The van der Waals surface area contributed by atoms with Crippen molar-refractivity contribution in [1.29, 1.82) is 0 Å². The Balaban J connectivity index is 1.53. The molecule has 3 N–H and O–H groups in total. The summed E-state index contributed by atoms with van der Waals surface area (Å²) in [6.07, 6.45) is 3.19. The summed E-state index contributed by atoms with van der Waals surface area (Å²) in [6, 6.07) is 1.83. The minimum Gasteiger partial charge on any atom is -0.469 e. The van der Waals surface area contributed by atoms with E-state index in [1.807, 2.05) is 17.6 Å². The smallest absolute Gasteiger partial charge is 0.341 e. The molecule has 0 aromatic carbocycles. The number of anilines is 1. The summed E-state index contributed by atoms with van der Waals surface area (Å²) in [5, 5.41) is 12.2. The highest BCUT2D eigenvalue weighted by molar-refractivity contribution is 7.99. The molecule has 0 bridgehead atoms. The minimum absolute atomic E-state index is 0.00442. The van der Waals surface area contributed by atoms with Crippen molar-refractivity contribution in [3.8, 4) is 11.4 Å². The van der Waals surface area contributed by atoms with Gasteiger partial charge < -0.3 is 24.9 Å². The van der Waals surface area contributed by atoms with Crippen LogP contribution in [0.2, 0.25) is 0 Å². The molecule has 37 heavy (non-hydrogen) atoms. The fourth-order valence-electron chi connectivity index (χ4n) is 4.02. The maximum absolute atomic E-state index is 12.9. The maximum Gasteiger partial charge on any atom is 0.341 e. The summed E-state index contributed by atoms with van der Waals surface area (Å²) < 4.78 is 18.5. The zero-order valence-electron chi connectivity index (χ0n) is 21.0. The Bertz CT molecular complexity index is 1300. The van der Waals surface area contributed by atoms with E-state index in [1.54, 1.807) is 27.0 Å². The van der Waals surface area contributed by atoms with Gasteiger partial charge in [-0.05, 0) is 52.2 Å². The number of ether oxygens (including phenoxy) is 2. The number of nitrogens with zero attached hydrogens (tertiary/aromatic N) is 3. The summed E-state index contributed by atoms with van der Waals surface area (Å²) in [6.45, 7) is 8.16. The molecule has 0 aliphatic carbocycles. The number of amides is 2. The Morgan fingerprint density at radius 1 is 1.32 bits per heavy atom. The quantitative estimate of drug-likeness (QED) is 0.285. The number of nitrogens with one attached hydrogen (secondary N) is 1. The topological polar surface area (TPSA) is 152 Å². The predicted molar refractivity (Wildman–Crippen MR) is 139 cm³/mol. The number of carbonyl (C=O) groups is 3. The number of hydrogen-bond acceptors (Lipinski definition) is 10. The number of furan rings is 1. The Labute approximate surface area is 222 Å². The van der Waals surface area contributed by atoms with Gasteiger partial charge in [-0.1, -0.05) is 11.8 Å². The second kappa shape index (κ2) is 11.5. The summed E-state index contributed by atoms with van der Waals surface area (Å²) in [7, 11) is 0. The van der Waals surface area contributed by atoms with Crippen LogP contribution in [0.5, 0.6) is 0 Å². The molecule has 0 saturated carbocycles. The van der Waals surface area contributed by atoms with Crippen molar-refractivity contribution in [3.05, 3.63) is 34.1 Å². The van der Waals surface area contributed by atoms with Crippen LogP contribution in [-0.4, -0.2) is 57.1 Å². The molecule has 3 aromatic heterocycles. The molecule has 0 radical (unpaired) electrons. The molecule has 1 aliphatic heterocycles. The van der Waals surface area contributed by atoms with E-state index in [1.165, 1.54) is 11.8 Å². The van der Waals surface area contributed by atoms with E-state index < -0.39 is 11.9 Å². The molecule has 1 fully saturated rings. The number of aromatic nitrogens is 3. The predicted octanol–water partition coefficient (Wildman–Crippen LogP) is 3.79. The van der Waals surface area contributed by atoms with Crippen LogP contribution in [0.25, 0.3) is 11.4 Å². The number of rotatable bonds is 10. The third-order valence-electron chi connectivity index (χ3n) is 5.73. The molecule has 0 spiro atoms. The molecule has 198 valence electrons. The first-order valence-electron chi connectivity index (χ1n) is 11.8. The van der Waals surface area contributed by atoms with E-state index in [-0.39, 0.29) is 39.3 Å². The van der Waals surface area contributed by atoms with Gasteiger partial charge in [0.1, 0.15) is 10.8 Å². The molecular formula is C24H29N5O6S2. The van der Waals surface area contributed by atoms with Crippen molar-refractivity contribution in [3.63, 3.8) is 0 Å². The largest absolute Gasteiger partial charge is 0.469 e. The Kier molecular flexibility index (Phi) is 8.35.